The number of rotatable bonds is 7. The summed E-state index contributed by atoms with van der Waals surface area (Å²) in [6, 6.07) is 7.85. The van der Waals surface area contributed by atoms with Gasteiger partial charge in [-0.2, -0.15) is 0 Å². The van der Waals surface area contributed by atoms with Crippen LogP contribution < -0.4 is 10.1 Å². The van der Waals surface area contributed by atoms with E-state index in [2.05, 4.69) is 26.1 Å². The average Bonchev–Trinajstić information content (AvgIpc) is 2.44. The van der Waals surface area contributed by atoms with Crippen molar-refractivity contribution in [3.8, 4) is 5.75 Å². The Morgan fingerprint density at radius 1 is 1.19 bits per heavy atom. The molecule has 0 aliphatic heterocycles. The maximum absolute atomic E-state index is 12.0. The number of carbonyl (C=O) groups is 1. The minimum absolute atomic E-state index is 0.0265. The van der Waals surface area contributed by atoms with Gasteiger partial charge in [-0.3, -0.25) is 4.79 Å². The van der Waals surface area contributed by atoms with Crippen LogP contribution in [0.3, 0.4) is 0 Å². The molecule has 0 aliphatic rings. The second-order valence-corrected chi connectivity index (χ2v) is 6.07. The summed E-state index contributed by atoms with van der Waals surface area (Å²) in [5.74, 6) is 0.799. The van der Waals surface area contributed by atoms with Crippen LogP contribution in [0.5, 0.6) is 5.75 Å². The van der Waals surface area contributed by atoms with Crippen molar-refractivity contribution < 1.29 is 9.53 Å². The van der Waals surface area contributed by atoms with E-state index < -0.39 is 0 Å². The Morgan fingerprint density at radius 3 is 2.38 bits per heavy atom. The Kier molecular flexibility index (Phi) is 6.69. The van der Waals surface area contributed by atoms with E-state index in [1.54, 1.807) is 4.90 Å². The van der Waals surface area contributed by atoms with Gasteiger partial charge < -0.3 is 15.0 Å². The van der Waals surface area contributed by atoms with Crippen molar-refractivity contribution in [1.29, 1.82) is 0 Å². The van der Waals surface area contributed by atoms with Gasteiger partial charge in [0.1, 0.15) is 5.75 Å². The first kappa shape index (κ1) is 17.5. The zero-order chi connectivity index (χ0) is 15.9. The van der Waals surface area contributed by atoms with Crippen LogP contribution in [0.1, 0.15) is 40.2 Å². The molecular weight excluding hydrogens is 264 g/mol. The molecule has 4 heteroatoms. The smallest absolute Gasteiger partial charge is 0.260 e. The Bertz CT molecular complexity index is 448. The van der Waals surface area contributed by atoms with Crippen LogP contribution in [0.2, 0.25) is 0 Å². The first-order chi connectivity index (χ1) is 9.87. The highest BCUT2D eigenvalue weighted by molar-refractivity contribution is 5.77. The average molecular weight is 292 g/mol. The van der Waals surface area contributed by atoms with Gasteiger partial charge in [0.05, 0.1) is 0 Å². The predicted octanol–water partition coefficient (Wildman–Crippen LogP) is 2.82. The molecular formula is C17H28N2O2. The van der Waals surface area contributed by atoms with Crippen molar-refractivity contribution in [3.63, 3.8) is 0 Å². The molecule has 0 fully saturated rings. The Balaban J connectivity index is 2.65. The minimum atomic E-state index is 0.0265. The summed E-state index contributed by atoms with van der Waals surface area (Å²) in [4.78, 5) is 13.8. The molecule has 0 aromatic heterocycles. The number of likely N-dealkylation sites (N-methyl/N-ethyl adjacent to an activating group) is 1. The van der Waals surface area contributed by atoms with Gasteiger partial charge >= 0.3 is 0 Å². The van der Waals surface area contributed by atoms with Gasteiger partial charge in [0.25, 0.3) is 5.91 Å². The molecule has 1 rings (SSSR count). The van der Waals surface area contributed by atoms with Gasteiger partial charge in [-0.25, -0.2) is 0 Å². The number of para-hydroxylation sites is 1. The summed E-state index contributed by atoms with van der Waals surface area (Å²) in [6.45, 7) is 12.6. The number of benzene rings is 1. The lowest BCUT2D eigenvalue weighted by atomic mass is 10.1. The van der Waals surface area contributed by atoms with Crippen molar-refractivity contribution >= 4 is 5.91 Å². The van der Waals surface area contributed by atoms with E-state index in [1.807, 2.05) is 38.1 Å². The lowest BCUT2D eigenvalue weighted by Gasteiger charge is -2.22. The molecule has 118 valence electrons. The highest BCUT2D eigenvalue weighted by atomic mass is 16.5. The van der Waals surface area contributed by atoms with E-state index in [-0.39, 0.29) is 18.1 Å². The fourth-order valence-corrected chi connectivity index (χ4v) is 1.96. The van der Waals surface area contributed by atoms with Crippen molar-refractivity contribution in [3.05, 3.63) is 29.8 Å². The third-order valence-corrected chi connectivity index (χ3v) is 3.25. The Labute approximate surface area is 128 Å². The van der Waals surface area contributed by atoms with Gasteiger partial charge in [0.15, 0.2) is 6.61 Å². The van der Waals surface area contributed by atoms with E-state index in [9.17, 15) is 4.79 Å². The molecule has 0 aliphatic carbocycles. The Morgan fingerprint density at radius 2 is 1.81 bits per heavy atom. The fourth-order valence-electron chi connectivity index (χ4n) is 1.96. The number of nitrogens with zero attached hydrogens (tertiary/aromatic N) is 1. The zero-order valence-electron chi connectivity index (χ0n) is 13.9. The number of hydrogen-bond donors (Lipinski definition) is 1. The van der Waals surface area contributed by atoms with Crippen LogP contribution >= 0.6 is 0 Å². The van der Waals surface area contributed by atoms with E-state index in [1.165, 1.54) is 0 Å². The molecule has 4 nitrogen and oxygen atoms in total. The molecule has 0 spiro atoms. The number of ether oxygens (including phenoxy) is 1. The summed E-state index contributed by atoms with van der Waals surface area (Å²) in [5, 5.41) is 3.44. The number of amides is 1. The summed E-state index contributed by atoms with van der Waals surface area (Å²) in [7, 11) is 0. The van der Waals surface area contributed by atoms with Crippen LogP contribution in [0, 0.1) is 0 Å². The maximum Gasteiger partial charge on any atom is 0.260 e. The fraction of sp³-hybridized carbons (Fsp3) is 0.588. The summed E-state index contributed by atoms with van der Waals surface area (Å²) >= 11 is 0. The molecule has 21 heavy (non-hydrogen) atoms. The third kappa shape index (κ3) is 6.17. The molecule has 0 radical (unpaired) electrons. The first-order valence-electron chi connectivity index (χ1n) is 7.61. The normalized spacial score (nSPS) is 11.3. The first-order valence-corrected chi connectivity index (χ1v) is 7.61. The van der Waals surface area contributed by atoms with Crippen LogP contribution in [0.25, 0.3) is 0 Å². The van der Waals surface area contributed by atoms with Crippen LogP contribution in [-0.4, -0.2) is 36.0 Å². The molecule has 0 saturated heterocycles. The lowest BCUT2D eigenvalue weighted by molar-refractivity contribution is -0.132. The van der Waals surface area contributed by atoms with E-state index in [0.717, 1.165) is 17.9 Å². The minimum Gasteiger partial charge on any atom is -0.483 e. The molecule has 1 aromatic carbocycles. The van der Waals surface area contributed by atoms with Gasteiger partial charge in [0.2, 0.25) is 0 Å². The highest BCUT2D eigenvalue weighted by Crippen LogP contribution is 2.18. The third-order valence-electron chi connectivity index (χ3n) is 3.25. The van der Waals surface area contributed by atoms with E-state index in [4.69, 9.17) is 4.74 Å². The number of carbonyl (C=O) groups excluding carboxylic acids is 1. The second kappa shape index (κ2) is 8.03. The van der Waals surface area contributed by atoms with Gasteiger partial charge in [0, 0.05) is 30.7 Å². The molecule has 0 unspecified atom stereocenters. The zero-order valence-corrected chi connectivity index (χ0v) is 13.9. The summed E-state index contributed by atoms with van der Waals surface area (Å²) in [5.41, 5.74) is 1.12. The van der Waals surface area contributed by atoms with Gasteiger partial charge in [-0.1, -0.05) is 18.2 Å². The molecule has 0 heterocycles. The van der Waals surface area contributed by atoms with Gasteiger partial charge in [-0.15, -0.1) is 0 Å². The van der Waals surface area contributed by atoms with Crippen molar-refractivity contribution in [1.82, 2.24) is 10.2 Å². The summed E-state index contributed by atoms with van der Waals surface area (Å²) in [6.07, 6.45) is 0. The number of nitrogens with one attached hydrogen (secondary N) is 1. The highest BCUT2D eigenvalue weighted by Gasteiger charge is 2.13. The largest absolute Gasteiger partial charge is 0.483 e. The number of hydrogen-bond acceptors (Lipinski definition) is 3. The Hall–Kier alpha value is -1.55. The van der Waals surface area contributed by atoms with E-state index >= 15 is 0 Å². The molecule has 1 aromatic rings. The molecule has 0 saturated carbocycles. The van der Waals surface area contributed by atoms with Gasteiger partial charge in [-0.05, 0) is 40.7 Å². The quantitative estimate of drug-likeness (QED) is 0.840. The standard InChI is InChI=1S/C17H28N2O2/c1-6-19(7-2)16(20)13-21-15-11-9-8-10-14(15)12-18-17(3,4)5/h8-11,18H,6-7,12-13H2,1-5H3. The molecule has 1 N–H and O–H groups in total. The SMILES string of the molecule is CCN(CC)C(=O)COc1ccccc1CNC(C)(C)C. The van der Waals surface area contributed by atoms with Crippen molar-refractivity contribution in [2.24, 2.45) is 0 Å². The van der Waals surface area contributed by atoms with Crippen LogP contribution in [-0.2, 0) is 11.3 Å². The van der Waals surface area contributed by atoms with Crippen LogP contribution in [0.4, 0.5) is 0 Å². The van der Waals surface area contributed by atoms with Crippen molar-refractivity contribution in [2.45, 2.75) is 46.7 Å². The molecule has 0 atom stereocenters. The second-order valence-electron chi connectivity index (χ2n) is 6.07. The molecule has 0 bridgehead atoms. The monoisotopic (exact) mass is 292 g/mol. The van der Waals surface area contributed by atoms with E-state index in [0.29, 0.717) is 13.1 Å². The topological polar surface area (TPSA) is 41.6 Å². The molecule has 1 amide bonds. The van der Waals surface area contributed by atoms with Crippen LogP contribution in [0.15, 0.2) is 24.3 Å². The van der Waals surface area contributed by atoms with Crippen molar-refractivity contribution in [2.75, 3.05) is 19.7 Å². The predicted molar refractivity (Wildman–Crippen MR) is 86.5 cm³/mol. The maximum atomic E-state index is 12.0. The lowest BCUT2D eigenvalue weighted by Crippen LogP contribution is -2.36. The summed E-state index contributed by atoms with van der Waals surface area (Å²) < 4.78 is 5.72.